The number of rotatable bonds is 12. The number of benzene rings is 2. The van der Waals surface area contributed by atoms with Crippen molar-refractivity contribution in [1.82, 2.24) is 4.90 Å². The first kappa shape index (κ1) is 22.8. The van der Waals surface area contributed by atoms with E-state index in [2.05, 4.69) is 0 Å². The molecule has 0 spiro atoms. The van der Waals surface area contributed by atoms with Gasteiger partial charge in [-0.05, 0) is 42.4 Å². The minimum absolute atomic E-state index is 0.241. The molecule has 0 heterocycles. The van der Waals surface area contributed by atoms with Gasteiger partial charge in [-0.1, -0.05) is 12.1 Å². The van der Waals surface area contributed by atoms with Gasteiger partial charge in [0.25, 0.3) is 0 Å². The second-order valence-electron chi connectivity index (χ2n) is 6.74. The second-order valence-corrected chi connectivity index (χ2v) is 6.74. The fourth-order valence-corrected chi connectivity index (χ4v) is 3.05. The Balaban J connectivity index is 1.79. The number of methoxy groups -OCH3 is 4. The molecule has 7 heteroatoms. The third kappa shape index (κ3) is 6.81. The molecule has 0 radical (unpaired) electrons. The Hall–Kier alpha value is -2.48. The molecule has 0 aliphatic heterocycles. The predicted molar refractivity (Wildman–Crippen MR) is 111 cm³/mol. The molecular formula is C22H31NO6. The first-order chi connectivity index (χ1) is 14.0. The molecule has 0 unspecified atom stereocenters. The van der Waals surface area contributed by atoms with Crippen molar-refractivity contribution < 1.29 is 28.8 Å². The predicted octanol–water partition coefficient (Wildman–Crippen LogP) is 2.73. The zero-order valence-electron chi connectivity index (χ0n) is 17.8. The van der Waals surface area contributed by atoms with Crippen molar-refractivity contribution in [2.24, 2.45) is 0 Å². The summed E-state index contributed by atoms with van der Waals surface area (Å²) >= 11 is 0. The van der Waals surface area contributed by atoms with Crippen LogP contribution in [0.1, 0.15) is 11.1 Å². The van der Waals surface area contributed by atoms with Crippen LogP contribution in [0.25, 0.3) is 0 Å². The highest BCUT2D eigenvalue weighted by Gasteiger charge is 2.12. The van der Waals surface area contributed by atoms with Gasteiger partial charge >= 0.3 is 0 Å². The molecule has 0 fully saturated rings. The number of hydrogen-bond donors (Lipinski definition) is 1. The summed E-state index contributed by atoms with van der Waals surface area (Å²) in [5.74, 6) is 2.72. The molecule has 0 amide bonds. The molecule has 7 nitrogen and oxygen atoms in total. The molecule has 2 aromatic carbocycles. The van der Waals surface area contributed by atoms with E-state index in [0.717, 1.165) is 11.1 Å². The van der Waals surface area contributed by atoms with E-state index in [1.807, 2.05) is 48.3 Å². The third-order valence-corrected chi connectivity index (χ3v) is 4.45. The molecule has 1 N–H and O–H groups in total. The largest absolute Gasteiger partial charge is 0.493 e. The summed E-state index contributed by atoms with van der Waals surface area (Å²) in [6.07, 6.45) is -0.597. The number of aliphatic hydroxyl groups is 1. The molecule has 0 saturated carbocycles. The van der Waals surface area contributed by atoms with Crippen LogP contribution in [0.15, 0.2) is 36.4 Å². The smallest absolute Gasteiger partial charge is 0.161 e. The van der Waals surface area contributed by atoms with E-state index in [1.165, 1.54) is 0 Å². The van der Waals surface area contributed by atoms with Gasteiger partial charge in [-0.15, -0.1) is 0 Å². The maximum Gasteiger partial charge on any atom is 0.161 e. The lowest BCUT2D eigenvalue weighted by atomic mass is 10.2. The number of hydrogen-bond acceptors (Lipinski definition) is 7. The van der Waals surface area contributed by atoms with Crippen LogP contribution in [0.3, 0.4) is 0 Å². The minimum Gasteiger partial charge on any atom is -0.493 e. The van der Waals surface area contributed by atoms with Crippen LogP contribution < -0.4 is 18.9 Å². The summed E-state index contributed by atoms with van der Waals surface area (Å²) in [5.41, 5.74) is 2.03. The van der Waals surface area contributed by atoms with E-state index in [1.54, 1.807) is 28.4 Å². The van der Waals surface area contributed by atoms with Gasteiger partial charge in [0.1, 0.15) is 0 Å². The van der Waals surface area contributed by atoms with Crippen molar-refractivity contribution in [3.05, 3.63) is 47.5 Å². The van der Waals surface area contributed by atoms with Crippen LogP contribution in [-0.2, 0) is 17.9 Å². The first-order valence-corrected chi connectivity index (χ1v) is 9.36. The number of likely N-dealkylation sites (N-methyl/N-ethyl adjacent to an activating group) is 1. The van der Waals surface area contributed by atoms with Gasteiger partial charge in [-0.2, -0.15) is 0 Å². The van der Waals surface area contributed by atoms with Gasteiger partial charge in [0, 0.05) is 13.1 Å². The summed E-state index contributed by atoms with van der Waals surface area (Å²) in [7, 11) is 8.38. The molecule has 0 aliphatic rings. The lowest BCUT2D eigenvalue weighted by Gasteiger charge is -2.21. The third-order valence-electron chi connectivity index (χ3n) is 4.45. The van der Waals surface area contributed by atoms with Crippen LogP contribution in [0.4, 0.5) is 0 Å². The van der Waals surface area contributed by atoms with Crippen LogP contribution in [0.2, 0.25) is 0 Å². The van der Waals surface area contributed by atoms with Crippen LogP contribution >= 0.6 is 0 Å². The maximum atomic E-state index is 10.3. The van der Waals surface area contributed by atoms with Crippen molar-refractivity contribution >= 4 is 0 Å². The summed E-state index contributed by atoms with van der Waals surface area (Å²) in [6, 6.07) is 11.4. The summed E-state index contributed by atoms with van der Waals surface area (Å²) in [5, 5.41) is 10.3. The zero-order valence-corrected chi connectivity index (χ0v) is 17.8. The molecule has 2 rings (SSSR count). The highest BCUT2D eigenvalue weighted by Crippen LogP contribution is 2.28. The molecule has 0 saturated heterocycles. The fourth-order valence-electron chi connectivity index (χ4n) is 3.05. The average Bonchev–Trinajstić information content (AvgIpc) is 2.73. The van der Waals surface area contributed by atoms with Crippen molar-refractivity contribution in [1.29, 1.82) is 0 Å². The normalized spacial score (nSPS) is 12.0. The highest BCUT2D eigenvalue weighted by molar-refractivity contribution is 5.43. The van der Waals surface area contributed by atoms with Crippen molar-refractivity contribution in [2.45, 2.75) is 19.3 Å². The zero-order chi connectivity index (χ0) is 21.2. The van der Waals surface area contributed by atoms with E-state index >= 15 is 0 Å². The maximum absolute atomic E-state index is 10.3. The van der Waals surface area contributed by atoms with Gasteiger partial charge in [0.05, 0.1) is 47.8 Å². The van der Waals surface area contributed by atoms with Gasteiger partial charge < -0.3 is 28.8 Å². The molecule has 1 atom stereocenters. The Morgan fingerprint density at radius 1 is 0.793 bits per heavy atom. The molecule has 29 heavy (non-hydrogen) atoms. The Bertz CT molecular complexity index is 767. The van der Waals surface area contributed by atoms with E-state index in [-0.39, 0.29) is 6.61 Å². The lowest BCUT2D eigenvalue weighted by Crippen LogP contribution is -2.31. The summed E-state index contributed by atoms with van der Waals surface area (Å²) < 4.78 is 26.8. The quantitative estimate of drug-likeness (QED) is 0.582. The SMILES string of the molecule is COc1ccc(COC[C@H](O)CN(C)Cc2ccc(OC)c(OC)c2)cc1OC. The number of nitrogens with zero attached hydrogens (tertiary/aromatic N) is 1. The Morgan fingerprint density at radius 2 is 1.31 bits per heavy atom. The Morgan fingerprint density at radius 3 is 1.86 bits per heavy atom. The molecule has 0 bridgehead atoms. The van der Waals surface area contributed by atoms with E-state index < -0.39 is 6.10 Å². The minimum atomic E-state index is -0.597. The van der Waals surface area contributed by atoms with Crippen molar-refractivity contribution in [2.75, 3.05) is 48.6 Å². The highest BCUT2D eigenvalue weighted by atomic mass is 16.5. The Kier molecular flexibility index (Phi) is 9.05. The molecule has 0 aromatic heterocycles. The Labute approximate surface area is 172 Å². The van der Waals surface area contributed by atoms with Crippen LogP contribution in [0.5, 0.6) is 23.0 Å². The molecule has 2 aromatic rings. The summed E-state index contributed by atoms with van der Waals surface area (Å²) in [6.45, 7) is 1.79. The topological polar surface area (TPSA) is 69.6 Å². The average molecular weight is 405 g/mol. The van der Waals surface area contributed by atoms with E-state index in [4.69, 9.17) is 23.7 Å². The lowest BCUT2D eigenvalue weighted by molar-refractivity contribution is 0.0126. The fraction of sp³-hybridized carbons (Fsp3) is 0.455. The number of aliphatic hydroxyl groups excluding tert-OH is 1. The molecule has 0 aliphatic carbocycles. The van der Waals surface area contributed by atoms with Gasteiger partial charge in [-0.25, -0.2) is 0 Å². The van der Waals surface area contributed by atoms with Gasteiger partial charge in [0.15, 0.2) is 23.0 Å². The van der Waals surface area contributed by atoms with Crippen LogP contribution in [0, 0.1) is 0 Å². The standard InChI is InChI=1S/C22H31NO6/c1-23(12-16-6-8-19(25-2)21(10-16)27-4)13-18(24)15-29-14-17-7-9-20(26-3)22(11-17)28-5/h6-11,18,24H,12-15H2,1-5H3/t18-/m1/s1. The van der Waals surface area contributed by atoms with Gasteiger partial charge in [0.2, 0.25) is 0 Å². The van der Waals surface area contributed by atoms with Gasteiger partial charge in [-0.3, -0.25) is 4.90 Å². The monoisotopic (exact) mass is 405 g/mol. The summed E-state index contributed by atoms with van der Waals surface area (Å²) in [4.78, 5) is 2.03. The van der Waals surface area contributed by atoms with Crippen LogP contribution in [-0.4, -0.2) is 64.7 Å². The van der Waals surface area contributed by atoms with E-state index in [9.17, 15) is 5.11 Å². The van der Waals surface area contributed by atoms with Crippen molar-refractivity contribution in [3.8, 4) is 23.0 Å². The molecule has 160 valence electrons. The van der Waals surface area contributed by atoms with Crippen molar-refractivity contribution in [3.63, 3.8) is 0 Å². The number of ether oxygens (including phenoxy) is 5. The van der Waals surface area contributed by atoms with E-state index in [0.29, 0.717) is 42.7 Å². The second kappa shape index (κ2) is 11.5. The molecular weight excluding hydrogens is 374 g/mol. The first-order valence-electron chi connectivity index (χ1n) is 9.36.